The smallest absolute Gasteiger partial charge is 0.318 e. The second kappa shape index (κ2) is 9.09. The molecule has 1 fully saturated rings. The Kier molecular flexibility index (Phi) is 6.08. The highest BCUT2D eigenvalue weighted by Crippen LogP contribution is 2.26. The van der Waals surface area contributed by atoms with Gasteiger partial charge < -0.3 is 25.2 Å². The van der Waals surface area contributed by atoms with Crippen LogP contribution < -0.4 is 20.1 Å². The molecule has 0 bridgehead atoms. The summed E-state index contributed by atoms with van der Waals surface area (Å²) in [7, 11) is 1.60. The molecule has 1 aliphatic rings. The zero-order valence-electron chi connectivity index (χ0n) is 17.0. The summed E-state index contributed by atoms with van der Waals surface area (Å²) in [5, 5.41) is 10.7. The molecule has 4 rings (SSSR count). The van der Waals surface area contributed by atoms with Crippen molar-refractivity contribution in [2.24, 2.45) is 0 Å². The third-order valence-corrected chi connectivity index (χ3v) is 5.17. The van der Waals surface area contributed by atoms with Crippen LogP contribution in [0.4, 0.5) is 16.0 Å². The molecule has 1 aliphatic heterocycles. The minimum absolute atomic E-state index is 0.0734. The van der Waals surface area contributed by atoms with Gasteiger partial charge in [-0.15, -0.1) is 0 Å². The molecule has 0 spiro atoms. The fourth-order valence-electron chi connectivity index (χ4n) is 3.41. The molecule has 0 amide bonds. The van der Waals surface area contributed by atoms with Crippen LogP contribution in [0.5, 0.6) is 11.8 Å². The molecule has 0 aliphatic carbocycles. The zero-order chi connectivity index (χ0) is 21.8. The van der Waals surface area contributed by atoms with Crippen molar-refractivity contribution in [3.05, 3.63) is 59.9 Å². The topological polar surface area (TPSA) is 120 Å². The number of nitrogens with zero attached hydrogens (tertiary/aromatic N) is 5. The molecule has 1 unspecified atom stereocenters. The van der Waals surface area contributed by atoms with E-state index in [0.717, 1.165) is 23.3 Å². The summed E-state index contributed by atoms with van der Waals surface area (Å²) in [6, 6.07) is 9.06. The van der Waals surface area contributed by atoms with Crippen molar-refractivity contribution in [2.75, 3.05) is 30.8 Å². The number of aliphatic hydroxyl groups is 1. The van der Waals surface area contributed by atoms with Gasteiger partial charge in [0.25, 0.3) is 0 Å². The van der Waals surface area contributed by atoms with E-state index in [1.807, 2.05) is 0 Å². The lowest BCUT2D eigenvalue weighted by Crippen LogP contribution is -2.39. The van der Waals surface area contributed by atoms with Crippen LogP contribution in [0.25, 0.3) is 0 Å². The van der Waals surface area contributed by atoms with Gasteiger partial charge in [-0.2, -0.15) is 4.98 Å². The fourth-order valence-corrected chi connectivity index (χ4v) is 3.41. The lowest BCUT2D eigenvalue weighted by molar-refractivity contribution is 0.156. The van der Waals surface area contributed by atoms with Crippen molar-refractivity contribution in [3.63, 3.8) is 0 Å². The number of hydrogen-bond donors (Lipinski definition) is 2. The summed E-state index contributed by atoms with van der Waals surface area (Å²) in [5.41, 5.74) is 6.70. The summed E-state index contributed by atoms with van der Waals surface area (Å²) in [6.45, 7) is 1.38. The second-order valence-electron chi connectivity index (χ2n) is 7.17. The zero-order valence-corrected chi connectivity index (χ0v) is 17.0. The van der Waals surface area contributed by atoms with Crippen LogP contribution in [-0.4, -0.2) is 51.3 Å². The molecule has 2 aromatic heterocycles. The van der Waals surface area contributed by atoms with Gasteiger partial charge in [-0.1, -0.05) is 12.1 Å². The molecule has 162 valence electrons. The van der Waals surface area contributed by atoms with E-state index in [0.29, 0.717) is 31.6 Å². The van der Waals surface area contributed by atoms with E-state index >= 15 is 0 Å². The van der Waals surface area contributed by atoms with Crippen LogP contribution >= 0.6 is 0 Å². The highest BCUT2D eigenvalue weighted by atomic mass is 19.1. The van der Waals surface area contributed by atoms with Crippen LogP contribution in [0, 0.1) is 5.82 Å². The molecule has 0 radical (unpaired) electrons. The van der Waals surface area contributed by atoms with E-state index in [-0.39, 0.29) is 17.9 Å². The Hall–Kier alpha value is -3.53. The predicted octanol–water partition coefficient (Wildman–Crippen LogP) is 2.13. The molecule has 0 saturated carbocycles. The quantitative estimate of drug-likeness (QED) is 0.611. The Morgan fingerprint density at radius 2 is 1.90 bits per heavy atom. The Morgan fingerprint density at radius 1 is 1.16 bits per heavy atom. The second-order valence-corrected chi connectivity index (χ2v) is 7.17. The highest BCUT2D eigenvalue weighted by molar-refractivity contribution is 5.42. The lowest BCUT2D eigenvalue weighted by Gasteiger charge is -2.32. The Balaban J connectivity index is 1.38. The Bertz CT molecular complexity index is 1030. The average molecular weight is 426 g/mol. The lowest BCUT2D eigenvalue weighted by atomic mass is 10.1. The maximum atomic E-state index is 13.2. The summed E-state index contributed by atoms with van der Waals surface area (Å²) >= 11 is 0. The first-order chi connectivity index (χ1) is 15.0. The van der Waals surface area contributed by atoms with Crippen molar-refractivity contribution in [3.8, 4) is 11.8 Å². The monoisotopic (exact) mass is 426 g/mol. The number of hydrogen-bond acceptors (Lipinski definition) is 9. The van der Waals surface area contributed by atoms with E-state index in [4.69, 9.17) is 15.2 Å². The van der Waals surface area contributed by atoms with Crippen molar-refractivity contribution >= 4 is 11.6 Å². The Labute approximate surface area is 178 Å². The van der Waals surface area contributed by atoms with Crippen LogP contribution in [0.1, 0.15) is 30.2 Å². The minimum atomic E-state index is -0.866. The molecule has 3 N–H and O–H groups in total. The van der Waals surface area contributed by atoms with Crippen molar-refractivity contribution < 1.29 is 19.0 Å². The van der Waals surface area contributed by atoms with Gasteiger partial charge in [0.05, 0.1) is 19.0 Å². The van der Waals surface area contributed by atoms with Crippen LogP contribution in [-0.2, 0) is 0 Å². The number of halogens is 1. The van der Waals surface area contributed by atoms with Gasteiger partial charge in [-0.25, -0.2) is 19.3 Å². The first-order valence-corrected chi connectivity index (χ1v) is 9.87. The van der Waals surface area contributed by atoms with Gasteiger partial charge in [0.15, 0.2) is 11.6 Å². The van der Waals surface area contributed by atoms with Gasteiger partial charge in [0, 0.05) is 32.0 Å². The summed E-state index contributed by atoms with van der Waals surface area (Å²) in [5.74, 6) is 0.557. The molecule has 1 atom stereocenters. The number of piperidine rings is 1. The summed E-state index contributed by atoms with van der Waals surface area (Å²) in [4.78, 5) is 18.3. The standard InChI is InChI=1S/C21H23FN6O3/c1-30-14-4-2-13(3-5-14)19(29)17-10-18(26-12-25-17)28-8-6-15(7-9-28)31-21-24-11-16(22)20(23)27-21/h2-5,10-12,15,19,29H,6-9H2,1H3,(H2,23,24,27). The van der Waals surface area contributed by atoms with Crippen molar-refractivity contribution in [1.29, 1.82) is 0 Å². The molecule has 1 aromatic carbocycles. The first kappa shape index (κ1) is 20.7. The normalized spacial score (nSPS) is 15.5. The van der Waals surface area contributed by atoms with Gasteiger partial charge in [0.2, 0.25) is 0 Å². The minimum Gasteiger partial charge on any atom is -0.497 e. The van der Waals surface area contributed by atoms with Gasteiger partial charge in [-0.05, 0) is 17.7 Å². The number of nitrogen functional groups attached to an aromatic ring is 1. The van der Waals surface area contributed by atoms with Gasteiger partial charge >= 0.3 is 6.01 Å². The third kappa shape index (κ3) is 4.80. The number of nitrogens with two attached hydrogens (primary N) is 1. The van der Waals surface area contributed by atoms with Gasteiger partial charge in [-0.3, -0.25) is 0 Å². The molecular weight excluding hydrogens is 403 g/mol. The molecular formula is C21H23FN6O3. The van der Waals surface area contributed by atoms with E-state index in [1.165, 1.54) is 6.33 Å². The largest absolute Gasteiger partial charge is 0.497 e. The third-order valence-electron chi connectivity index (χ3n) is 5.17. The molecule has 9 nitrogen and oxygen atoms in total. The fraction of sp³-hybridized carbons (Fsp3) is 0.333. The van der Waals surface area contributed by atoms with E-state index in [2.05, 4.69) is 24.8 Å². The molecule has 10 heteroatoms. The number of anilines is 2. The molecule has 3 aromatic rings. The maximum absolute atomic E-state index is 13.2. The van der Waals surface area contributed by atoms with Crippen molar-refractivity contribution in [2.45, 2.75) is 25.0 Å². The number of aromatic nitrogens is 4. The summed E-state index contributed by atoms with van der Waals surface area (Å²) < 4.78 is 24.1. The summed E-state index contributed by atoms with van der Waals surface area (Å²) in [6.07, 6.45) is 2.91. The maximum Gasteiger partial charge on any atom is 0.318 e. The number of aliphatic hydroxyl groups excluding tert-OH is 1. The van der Waals surface area contributed by atoms with E-state index in [9.17, 15) is 9.50 Å². The number of ether oxygens (including phenoxy) is 2. The van der Waals surface area contributed by atoms with E-state index in [1.54, 1.807) is 37.4 Å². The van der Waals surface area contributed by atoms with Crippen molar-refractivity contribution in [1.82, 2.24) is 19.9 Å². The molecule has 31 heavy (non-hydrogen) atoms. The number of methoxy groups -OCH3 is 1. The average Bonchev–Trinajstić information content (AvgIpc) is 2.81. The highest BCUT2D eigenvalue weighted by Gasteiger charge is 2.23. The predicted molar refractivity (Wildman–Crippen MR) is 111 cm³/mol. The Morgan fingerprint density at radius 3 is 2.58 bits per heavy atom. The van der Waals surface area contributed by atoms with E-state index < -0.39 is 11.9 Å². The molecule has 3 heterocycles. The van der Waals surface area contributed by atoms with Gasteiger partial charge in [0.1, 0.15) is 30.1 Å². The SMILES string of the molecule is COc1ccc(C(O)c2cc(N3CCC(Oc4ncc(F)c(N)n4)CC3)ncn2)cc1. The first-order valence-electron chi connectivity index (χ1n) is 9.87. The van der Waals surface area contributed by atoms with Crippen LogP contribution in [0.2, 0.25) is 0 Å². The molecule has 1 saturated heterocycles. The van der Waals surface area contributed by atoms with Crippen LogP contribution in [0.3, 0.4) is 0 Å². The number of rotatable bonds is 6. The van der Waals surface area contributed by atoms with Crippen LogP contribution in [0.15, 0.2) is 42.9 Å². The number of benzene rings is 1.